The van der Waals surface area contributed by atoms with E-state index in [9.17, 15) is 4.79 Å². The molecule has 0 radical (unpaired) electrons. The van der Waals surface area contributed by atoms with Gasteiger partial charge in [-0.25, -0.2) is 4.79 Å². The smallest absolute Gasteiger partial charge is 0.410 e. The van der Waals surface area contributed by atoms with E-state index in [4.69, 9.17) is 4.74 Å². The summed E-state index contributed by atoms with van der Waals surface area (Å²) in [6.45, 7) is 7.54. The second-order valence-corrected chi connectivity index (χ2v) is 5.47. The first-order chi connectivity index (χ1) is 6.46. The number of hydrogen-bond acceptors (Lipinski definition) is 2. The van der Waals surface area contributed by atoms with E-state index in [-0.39, 0.29) is 11.7 Å². The Hall–Kier alpha value is -0.730. The van der Waals surface area contributed by atoms with Gasteiger partial charge in [-0.1, -0.05) is 0 Å². The van der Waals surface area contributed by atoms with Gasteiger partial charge in [0, 0.05) is 13.1 Å². The molecule has 1 amide bonds. The van der Waals surface area contributed by atoms with Gasteiger partial charge in [0.25, 0.3) is 0 Å². The Labute approximate surface area is 85.4 Å². The van der Waals surface area contributed by atoms with Crippen LogP contribution < -0.4 is 0 Å². The standard InChI is InChI=1S/C11H19NO2/c1-11(2,3)14-10(13)12-5-4-8-6-9(8)7-12/h8-9H,4-7H2,1-3H3/t8-,9-/m1/s1. The molecule has 1 saturated heterocycles. The van der Waals surface area contributed by atoms with Gasteiger partial charge in [0.15, 0.2) is 0 Å². The van der Waals surface area contributed by atoms with Crippen molar-refractivity contribution in [2.24, 2.45) is 11.8 Å². The predicted molar refractivity (Wildman–Crippen MR) is 54.0 cm³/mol. The molecule has 1 aliphatic heterocycles. The molecule has 1 heterocycles. The average molecular weight is 197 g/mol. The number of amides is 1. The van der Waals surface area contributed by atoms with Gasteiger partial charge >= 0.3 is 6.09 Å². The lowest BCUT2D eigenvalue weighted by atomic mass is 10.1. The lowest BCUT2D eigenvalue weighted by Gasteiger charge is -2.29. The van der Waals surface area contributed by atoms with Crippen LogP contribution in [0, 0.1) is 11.8 Å². The molecule has 2 rings (SSSR count). The fraction of sp³-hybridized carbons (Fsp3) is 0.909. The zero-order valence-electron chi connectivity index (χ0n) is 9.25. The van der Waals surface area contributed by atoms with Gasteiger partial charge < -0.3 is 9.64 Å². The van der Waals surface area contributed by atoms with Gasteiger partial charge in [-0.3, -0.25) is 0 Å². The molecule has 14 heavy (non-hydrogen) atoms. The average Bonchev–Trinajstić information content (AvgIpc) is 2.77. The molecule has 2 aliphatic rings. The molecular weight excluding hydrogens is 178 g/mol. The van der Waals surface area contributed by atoms with Crippen molar-refractivity contribution in [1.82, 2.24) is 4.90 Å². The van der Waals surface area contributed by atoms with Crippen LogP contribution in [-0.2, 0) is 4.74 Å². The van der Waals surface area contributed by atoms with Crippen molar-refractivity contribution in [3.05, 3.63) is 0 Å². The first-order valence-electron chi connectivity index (χ1n) is 5.43. The lowest BCUT2D eigenvalue weighted by Crippen LogP contribution is -2.40. The Balaban J connectivity index is 1.85. The maximum Gasteiger partial charge on any atom is 0.410 e. The normalized spacial score (nSPS) is 30.9. The van der Waals surface area contributed by atoms with E-state index >= 15 is 0 Å². The van der Waals surface area contributed by atoms with E-state index in [1.165, 1.54) is 12.8 Å². The maximum absolute atomic E-state index is 11.7. The third-order valence-electron chi connectivity index (χ3n) is 2.95. The summed E-state index contributed by atoms with van der Waals surface area (Å²) >= 11 is 0. The predicted octanol–water partition coefficient (Wildman–Crippen LogP) is 2.26. The number of piperidine rings is 1. The van der Waals surface area contributed by atoms with Crippen LogP contribution in [0.4, 0.5) is 4.79 Å². The molecule has 0 N–H and O–H groups in total. The minimum absolute atomic E-state index is 0.136. The van der Waals surface area contributed by atoms with Crippen LogP contribution in [0.3, 0.4) is 0 Å². The van der Waals surface area contributed by atoms with E-state index in [1.54, 1.807) is 0 Å². The molecule has 0 bridgehead atoms. The number of carbonyl (C=O) groups excluding carboxylic acids is 1. The molecule has 0 aromatic heterocycles. The highest BCUT2D eigenvalue weighted by Crippen LogP contribution is 2.44. The third-order valence-corrected chi connectivity index (χ3v) is 2.95. The van der Waals surface area contributed by atoms with E-state index in [0.29, 0.717) is 0 Å². The van der Waals surface area contributed by atoms with E-state index < -0.39 is 0 Å². The summed E-state index contributed by atoms with van der Waals surface area (Å²) in [6, 6.07) is 0. The maximum atomic E-state index is 11.7. The van der Waals surface area contributed by atoms with Gasteiger partial charge in [0.2, 0.25) is 0 Å². The Bertz CT molecular complexity index is 244. The summed E-state index contributed by atoms with van der Waals surface area (Å²) in [6.07, 6.45) is 2.35. The van der Waals surface area contributed by atoms with Gasteiger partial charge in [-0.2, -0.15) is 0 Å². The molecule has 1 saturated carbocycles. The van der Waals surface area contributed by atoms with Crippen molar-refractivity contribution in [1.29, 1.82) is 0 Å². The van der Waals surface area contributed by atoms with Gasteiger partial charge in [0.05, 0.1) is 0 Å². The second-order valence-electron chi connectivity index (χ2n) is 5.47. The first kappa shape index (κ1) is 9.81. The molecule has 0 unspecified atom stereocenters. The summed E-state index contributed by atoms with van der Waals surface area (Å²) in [5.41, 5.74) is -0.364. The Morgan fingerprint density at radius 2 is 2.07 bits per heavy atom. The Morgan fingerprint density at radius 3 is 2.64 bits per heavy atom. The van der Waals surface area contributed by atoms with Gasteiger partial charge in [-0.05, 0) is 45.4 Å². The molecule has 80 valence electrons. The van der Waals surface area contributed by atoms with Crippen molar-refractivity contribution >= 4 is 6.09 Å². The molecule has 1 aliphatic carbocycles. The summed E-state index contributed by atoms with van der Waals surface area (Å²) in [5.74, 6) is 1.69. The van der Waals surface area contributed by atoms with Crippen LogP contribution >= 0.6 is 0 Å². The molecule has 0 aromatic carbocycles. The number of nitrogens with zero attached hydrogens (tertiary/aromatic N) is 1. The third kappa shape index (κ3) is 2.20. The van der Waals surface area contributed by atoms with Crippen LogP contribution in [0.15, 0.2) is 0 Å². The number of ether oxygens (including phenoxy) is 1. The molecule has 0 aromatic rings. The van der Waals surface area contributed by atoms with E-state index in [2.05, 4.69) is 0 Å². The summed E-state index contributed by atoms with van der Waals surface area (Å²) < 4.78 is 5.33. The molecule has 3 nitrogen and oxygen atoms in total. The summed E-state index contributed by atoms with van der Waals surface area (Å²) in [7, 11) is 0. The highest BCUT2D eigenvalue weighted by atomic mass is 16.6. The lowest BCUT2D eigenvalue weighted by molar-refractivity contribution is 0.0207. The van der Waals surface area contributed by atoms with Crippen molar-refractivity contribution in [3.63, 3.8) is 0 Å². The van der Waals surface area contributed by atoms with Crippen LogP contribution in [-0.4, -0.2) is 29.7 Å². The van der Waals surface area contributed by atoms with Crippen molar-refractivity contribution in [2.75, 3.05) is 13.1 Å². The van der Waals surface area contributed by atoms with Crippen molar-refractivity contribution < 1.29 is 9.53 Å². The fourth-order valence-electron chi connectivity index (χ4n) is 2.08. The molecule has 3 heteroatoms. The van der Waals surface area contributed by atoms with Crippen LogP contribution in [0.5, 0.6) is 0 Å². The van der Waals surface area contributed by atoms with Crippen LogP contribution in [0.2, 0.25) is 0 Å². The van der Waals surface area contributed by atoms with Crippen molar-refractivity contribution in [3.8, 4) is 0 Å². The first-order valence-corrected chi connectivity index (χ1v) is 5.43. The quantitative estimate of drug-likeness (QED) is 0.596. The highest BCUT2D eigenvalue weighted by Gasteiger charge is 2.43. The summed E-state index contributed by atoms with van der Waals surface area (Å²) in [5, 5.41) is 0. The molecule has 0 spiro atoms. The SMILES string of the molecule is CC(C)(C)OC(=O)N1CC[C@@H]2C[C@@H]2C1. The zero-order chi connectivity index (χ0) is 10.3. The number of hydrogen-bond donors (Lipinski definition) is 0. The van der Waals surface area contributed by atoms with E-state index in [1.807, 2.05) is 25.7 Å². The van der Waals surface area contributed by atoms with E-state index in [0.717, 1.165) is 24.9 Å². The number of likely N-dealkylation sites (tertiary alicyclic amines) is 1. The minimum atomic E-state index is -0.364. The zero-order valence-corrected chi connectivity index (χ0v) is 9.25. The molecular formula is C11H19NO2. The van der Waals surface area contributed by atoms with Gasteiger partial charge in [0.1, 0.15) is 5.60 Å². The fourth-order valence-corrected chi connectivity index (χ4v) is 2.08. The van der Waals surface area contributed by atoms with Crippen LogP contribution in [0.1, 0.15) is 33.6 Å². The van der Waals surface area contributed by atoms with Crippen LogP contribution in [0.25, 0.3) is 0 Å². The monoisotopic (exact) mass is 197 g/mol. The number of rotatable bonds is 0. The second kappa shape index (κ2) is 3.14. The topological polar surface area (TPSA) is 29.5 Å². The highest BCUT2D eigenvalue weighted by molar-refractivity contribution is 5.68. The van der Waals surface area contributed by atoms with Crippen molar-refractivity contribution in [2.45, 2.75) is 39.2 Å². The summed E-state index contributed by atoms with van der Waals surface area (Å²) in [4.78, 5) is 13.5. The van der Waals surface area contributed by atoms with Gasteiger partial charge in [-0.15, -0.1) is 0 Å². The Morgan fingerprint density at radius 1 is 1.36 bits per heavy atom. The molecule has 2 atom stereocenters. The number of fused-ring (bicyclic) bond motifs is 1. The number of carbonyl (C=O) groups is 1. The molecule has 2 fully saturated rings. The largest absolute Gasteiger partial charge is 0.444 e. The minimum Gasteiger partial charge on any atom is -0.444 e. The Kier molecular flexibility index (Phi) is 2.20.